The number of aromatic amines is 1. The number of H-pyrrole nitrogens is 1. The minimum absolute atomic E-state index is 0.0625. The smallest absolute Gasteiger partial charge is 0.347 e. The number of anilines is 1. The van der Waals surface area contributed by atoms with Crippen LogP contribution in [0.15, 0.2) is 69.2 Å². The molecule has 1 aliphatic heterocycles. The highest BCUT2D eigenvalue weighted by molar-refractivity contribution is 7.99. The van der Waals surface area contributed by atoms with Gasteiger partial charge in [0.1, 0.15) is 11.1 Å². The Balaban J connectivity index is 1.31. The number of aryl methyl sites for hydroxylation is 1. The van der Waals surface area contributed by atoms with Crippen molar-refractivity contribution in [2.75, 3.05) is 36.8 Å². The number of amides is 1. The molecule has 0 aliphatic carbocycles. The number of para-hydroxylation sites is 1. The van der Waals surface area contributed by atoms with Gasteiger partial charge < -0.3 is 14.2 Å². The fourth-order valence-electron chi connectivity index (χ4n) is 4.16. The molecule has 0 radical (unpaired) electrons. The SMILES string of the molecule is CCc1cc2c(=O)n(Cc3ccco3)c(SCC(=O)N3CCN(c4ccccc4)CC3)[nH+]c2s1. The Labute approximate surface area is 206 Å². The molecule has 0 spiro atoms. The first-order valence-corrected chi connectivity index (χ1v) is 13.2. The summed E-state index contributed by atoms with van der Waals surface area (Å²) in [5, 5.41) is 1.36. The van der Waals surface area contributed by atoms with E-state index < -0.39 is 0 Å². The Morgan fingerprint density at radius 3 is 2.62 bits per heavy atom. The summed E-state index contributed by atoms with van der Waals surface area (Å²) < 4.78 is 7.17. The van der Waals surface area contributed by atoms with Crippen LogP contribution in [0.4, 0.5) is 5.69 Å². The Morgan fingerprint density at radius 2 is 1.91 bits per heavy atom. The van der Waals surface area contributed by atoms with Gasteiger partial charge in [-0.2, -0.15) is 4.57 Å². The first-order chi connectivity index (χ1) is 16.6. The van der Waals surface area contributed by atoms with Crippen molar-refractivity contribution in [2.45, 2.75) is 25.0 Å². The summed E-state index contributed by atoms with van der Waals surface area (Å²) in [6, 6.07) is 15.9. The summed E-state index contributed by atoms with van der Waals surface area (Å²) in [6.07, 6.45) is 2.48. The number of hydrogen-bond donors (Lipinski definition) is 0. The van der Waals surface area contributed by atoms with E-state index in [2.05, 4.69) is 28.9 Å². The zero-order chi connectivity index (χ0) is 23.5. The number of aromatic nitrogens is 2. The molecule has 9 heteroatoms. The minimum atomic E-state index is -0.0625. The summed E-state index contributed by atoms with van der Waals surface area (Å²) in [6.45, 7) is 5.43. The Kier molecular flexibility index (Phi) is 6.73. The van der Waals surface area contributed by atoms with Crippen LogP contribution in [0.5, 0.6) is 0 Å². The molecule has 1 aromatic carbocycles. The highest BCUT2D eigenvalue weighted by Crippen LogP contribution is 2.23. The number of furan rings is 1. The molecule has 1 aliphatic rings. The van der Waals surface area contributed by atoms with Crippen LogP contribution in [-0.4, -0.2) is 47.3 Å². The van der Waals surface area contributed by atoms with Gasteiger partial charge in [0.25, 0.3) is 0 Å². The van der Waals surface area contributed by atoms with Gasteiger partial charge >= 0.3 is 10.7 Å². The van der Waals surface area contributed by atoms with E-state index in [4.69, 9.17) is 4.42 Å². The molecule has 1 saturated heterocycles. The van der Waals surface area contributed by atoms with Crippen LogP contribution in [0.1, 0.15) is 17.6 Å². The Hall–Kier alpha value is -3.04. The van der Waals surface area contributed by atoms with Gasteiger partial charge in [0.05, 0.1) is 12.0 Å². The predicted molar refractivity (Wildman–Crippen MR) is 136 cm³/mol. The van der Waals surface area contributed by atoms with E-state index in [1.165, 1.54) is 17.4 Å². The maximum Gasteiger partial charge on any atom is 0.347 e. The van der Waals surface area contributed by atoms with Gasteiger partial charge in [-0.05, 0) is 48.5 Å². The molecule has 7 nitrogen and oxygen atoms in total. The van der Waals surface area contributed by atoms with E-state index in [0.29, 0.717) is 35.9 Å². The molecule has 1 amide bonds. The maximum atomic E-state index is 13.3. The van der Waals surface area contributed by atoms with E-state index in [1.54, 1.807) is 22.2 Å². The van der Waals surface area contributed by atoms with Crippen LogP contribution in [0.2, 0.25) is 0 Å². The lowest BCUT2D eigenvalue weighted by atomic mass is 10.2. The molecule has 5 rings (SSSR count). The van der Waals surface area contributed by atoms with Gasteiger partial charge in [-0.3, -0.25) is 4.79 Å². The molecule has 176 valence electrons. The van der Waals surface area contributed by atoms with E-state index >= 15 is 0 Å². The fraction of sp³-hybridized carbons (Fsp3) is 0.320. The van der Waals surface area contributed by atoms with Crippen molar-refractivity contribution in [3.63, 3.8) is 0 Å². The second kappa shape index (κ2) is 10.1. The number of rotatable bonds is 7. The zero-order valence-electron chi connectivity index (χ0n) is 19.0. The number of carbonyl (C=O) groups is 1. The topological polar surface area (TPSA) is 72.8 Å². The number of benzene rings is 1. The molecule has 4 heterocycles. The van der Waals surface area contributed by atoms with Gasteiger partial charge in [-0.15, -0.1) is 0 Å². The highest BCUT2D eigenvalue weighted by atomic mass is 32.2. The Morgan fingerprint density at radius 1 is 1.12 bits per heavy atom. The number of thioether (sulfide) groups is 1. The molecule has 4 aromatic rings. The molecule has 0 unspecified atom stereocenters. The summed E-state index contributed by atoms with van der Waals surface area (Å²) in [5.41, 5.74) is 1.13. The lowest BCUT2D eigenvalue weighted by Gasteiger charge is -2.36. The van der Waals surface area contributed by atoms with E-state index in [9.17, 15) is 9.59 Å². The van der Waals surface area contributed by atoms with Crippen LogP contribution in [0.3, 0.4) is 0 Å². The minimum Gasteiger partial charge on any atom is -0.465 e. The van der Waals surface area contributed by atoms with Crippen molar-refractivity contribution in [1.29, 1.82) is 0 Å². The lowest BCUT2D eigenvalue weighted by Crippen LogP contribution is -2.49. The number of piperazine rings is 1. The van der Waals surface area contributed by atoms with Crippen LogP contribution >= 0.6 is 23.1 Å². The summed E-state index contributed by atoms with van der Waals surface area (Å²) >= 11 is 2.98. The molecular formula is C25H27N4O3S2+. The molecular weight excluding hydrogens is 468 g/mol. The fourth-order valence-corrected chi connectivity index (χ4v) is 6.13. The molecule has 0 atom stereocenters. The third-order valence-corrected chi connectivity index (χ3v) is 8.23. The monoisotopic (exact) mass is 495 g/mol. The largest absolute Gasteiger partial charge is 0.465 e. The van der Waals surface area contributed by atoms with Crippen molar-refractivity contribution >= 4 is 44.9 Å². The third-order valence-electron chi connectivity index (χ3n) is 6.05. The van der Waals surface area contributed by atoms with Gasteiger partial charge in [-0.25, -0.2) is 9.78 Å². The van der Waals surface area contributed by atoms with E-state index in [0.717, 1.165) is 29.2 Å². The van der Waals surface area contributed by atoms with Crippen molar-refractivity contribution < 1.29 is 14.2 Å². The normalized spacial score (nSPS) is 14.1. The second-order valence-electron chi connectivity index (χ2n) is 8.20. The van der Waals surface area contributed by atoms with Crippen molar-refractivity contribution in [2.24, 2.45) is 0 Å². The van der Waals surface area contributed by atoms with Gasteiger partial charge in [0.15, 0.2) is 11.4 Å². The molecule has 1 fully saturated rings. The van der Waals surface area contributed by atoms with Crippen LogP contribution in [-0.2, 0) is 17.8 Å². The zero-order valence-corrected chi connectivity index (χ0v) is 20.7. The average molecular weight is 496 g/mol. The highest BCUT2D eigenvalue weighted by Gasteiger charge is 2.25. The number of thiophene rings is 1. The quantitative estimate of drug-likeness (QED) is 0.290. The average Bonchev–Trinajstić information content (AvgIpc) is 3.55. The third kappa shape index (κ3) is 4.76. The molecule has 0 saturated carbocycles. The van der Waals surface area contributed by atoms with Crippen molar-refractivity contribution in [3.8, 4) is 0 Å². The first kappa shape index (κ1) is 22.7. The number of carbonyl (C=O) groups excluding carboxylic acids is 1. The molecule has 0 bridgehead atoms. The number of nitrogens with one attached hydrogen (secondary N) is 1. The summed E-state index contributed by atoms with van der Waals surface area (Å²) in [5.74, 6) is 1.06. The van der Waals surface area contributed by atoms with Crippen LogP contribution in [0, 0.1) is 0 Å². The molecule has 34 heavy (non-hydrogen) atoms. The van der Waals surface area contributed by atoms with Gasteiger partial charge in [-0.1, -0.05) is 36.5 Å². The number of hydrogen-bond acceptors (Lipinski definition) is 6. The van der Waals surface area contributed by atoms with Crippen LogP contribution in [0.25, 0.3) is 10.2 Å². The van der Waals surface area contributed by atoms with Crippen molar-refractivity contribution in [1.82, 2.24) is 9.47 Å². The summed E-state index contributed by atoms with van der Waals surface area (Å²) in [4.78, 5) is 36.0. The van der Waals surface area contributed by atoms with Gasteiger partial charge in [0.2, 0.25) is 5.91 Å². The number of nitrogens with zero attached hydrogens (tertiary/aromatic N) is 3. The maximum absolute atomic E-state index is 13.3. The Bertz CT molecular complexity index is 1320. The predicted octanol–water partition coefficient (Wildman–Crippen LogP) is 3.52. The van der Waals surface area contributed by atoms with Crippen molar-refractivity contribution in [3.05, 3.63) is 75.8 Å². The molecule has 1 N–H and O–H groups in total. The van der Waals surface area contributed by atoms with E-state index in [-0.39, 0.29) is 17.2 Å². The standard InChI is InChI=1S/C25H26N4O3S2/c1-2-20-15-21-23(34-20)26-25(29(24(21)31)16-19-9-6-14-32-19)33-17-22(30)28-12-10-27(11-13-28)18-7-4-3-5-8-18/h3-9,14-15H,2,10-13,16-17H2,1H3/p+1. The second-order valence-corrected chi connectivity index (χ2v) is 10.3. The summed E-state index contributed by atoms with van der Waals surface area (Å²) in [7, 11) is 0. The number of fused-ring (bicyclic) bond motifs is 1. The van der Waals surface area contributed by atoms with Gasteiger partial charge in [0, 0.05) is 36.7 Å². The lowest BCUT2D eigenvalue weighted by molar-refractivity contribution is -0.404. The first-order valence-electron chi connectivity index (χ1n) is 11.4. The molecule has 3 aromatic heterocycles. The van der Waals surface area contributed by atoms with Crippen LogP contribution < -0.4 is 15.4 Å². The van der Waals surface area contributed by atoms with E-state index in [1.807, 2.05) is 41.3 Å².